The molecule has 0 saturated heterocycles. The molecule has 0 radical (unpaired) electrons. The van der Waals surface area contributed by atoms with E-state index >= 15 is 0 Å². The standard InChI is InChI=1S/C12H12ClN3/c1-8-7-14-12(13)6-11(8)16-5-4-10(15-16)9-2-3-9/h4-7,9H,2-3H2,1H3. The van der Waals surface area contributed by atoms with Crippen LogP contribution in [0.2, 0.25) is 5.15 Å². The van der Waals surface area contributed by atoms with Gasteiger partial charge in [0.25, 0.3) is 0 Å². The van der Waals surface area contributed by atoms with E-state index in [4.69, 9.17) is 11.6 Å². The second-order valence-electron chi connectivity index (χ2n) is 4.25. The van der Waals surface area contributed by atoms with Crippen molar-refractivity contribution < 1.29 is 0 Å². The summed E-state index contributed by atoms with van der Waals surface area (Å²) in [6, 6.07) is 3.94. The minimum atomic E-state index is 0.504. The van der Waals surface area contributed by atoms with E-state index in [1.165, 1.54) is 18.5 Å². The first-order chi connectivity index (χ1) is 7.74. The van der Waals surface area contributed by atoms with Crippen molar-refractivity contribution in [3.05, 3.63) is 40.9 Å². The molecule has 0 aliphatic heterocycles. The first-order valence-electron chi connectivity index (χ1n) is 5.42. The van der Waals surface area contributed by atoms with Gasteiger partial charge in [-0.2, -0.15) is 5.10 Å². The summed E-state index contributed by atoms with van der Waals surface area (Å²) in [5.74, 6) is 0.680. The molecule has 0 spiro atoms. The summed E-state index contributed by atoms with van der Waals surface area (Å²) in [5, 5.41) is 5.08. The van der Waals surface area contributed by atoms with Crippen LogP contribution in [0.25, 0.3) is 5.69 Å². The molecule has 1 aliphatic carbocycles. The van der Waals surface area contributed by atoms with Crippen molar-refractivity contribution in [1.29, 1.82) is 0 Å². The molecule has 0 atom stereocenters. The Balaban J connectivity index is 2.03. The molecule has 1 saturated carbocycles. The molecule has 0 unspecified atom stereocenters. The fourth-order valence-corrected chi connectivity index (χ4v) is 1.96. The molecule has 0 amide bonds. The minimum absolute atomic E-state index is 0.504. The van der Waals surface area contributed by atoms with Crippen molar-refractivity contribution in [2.45, 2.75) is 25.7 Å². The topological polar surface area (TPSA) is 30.7 Å². The van der Waals surface area contributed by atoms with Gasteiger partial charge >= 0.3 is 0 Å². The Labute approximate surface area is 99.1 Å². The zero-order chi connectivity index (χ0) is 11.1. The molecule has 0 bridgehead atoms. The van der Waals surface area contributed by atoms with Gasteiger partial charge in [-0.25, -0.2) is 9.67 Å². The Bertz CT molecular complexity index is 529. The molecule has 2 aromatic heterocycles. The van der Waals surface area contributed by atoms with Crippen LogP contribution in [0.1, 0.15) is 30.0 Å². The third-order valence-corrected chi connectivity index (χ3v) is 3.10. The molecule has 16 heavy (non-hydrogen) atoms. The lowest BCUT2D eigenvalue weighted by molar-refractivity contribution is 0.829. The normalized spacial score (nSPS) is 15.4. The average molecular weight is 234 g/mol. The van der Waals surface area contributed by atoms with Crippen LogP contribution in [0.15, 0.2) is 24.5 Å². The zero-order valence-electron chi connectivity index (χ0n) is 9.02. The number of hydrogen-bond acceptors (Lipinski definition) is 2. The fraction of sp³-hybridized carbons (Fsp3) is 0.333. The van der Waals surface area contributed by atoms with Crippen LogP contribution >= 0.6 is 11.6 Å². The predicted octanol–water partition coefficient (Wildman–Crippen LogP) is 3.11. The van der Waals surface area contributed by atoms with Crippen molar-refractivity contribution in [2.75, 3.05) is 0 Å². The van der Waals surface area contributed by atoms with Gasteiger partial charge in [-0.15, -0.1) is 0 Å². The maximum atomic E-state index is 5.90. The number of rotatable bonds is 2. The lowest BCUT2D eigenvalue weighted by atomic mass is 10.3. The summed E-state index contributed by atoms with van der Waals surface area (Å²) in [5.41, 5.74) is 3.27. The molecular weight excluding hydrogens is 222 g/mol. The summed E-state index contributed by atoms with van der Waals surface area (Å²) in [4.78, 5) is 4.04. The second kappa shape index (κ2) is 3.59. The van der Waals surface area contributed by atoms with E-state index < -0.39 is 0 Å². The highest BCUT2D eigenvalue weighted by Gasteiger charge is 2.25. The molecule has 3 nitrogen and oxygen atoms in total. The van der Waals surface area contributed by atoms with Gasteiger partial charge in [-0.1, -0.05) is 11.6 Å². The summed E-state index contributed by atoms with van der Waals surface area (Å²) >= 11 is 5.90. The number of halogens is 1. The maximum absolute atomic E-state index is 5.90. The molecule has 3 rings (SSSR count). The van der Waals surface area contributed by atoms with Crippen molar-refractivity contribution in [3.8, 4) is 5.69 Å². The van der Waals surface area contributed by atoms with Crippen molar-refractivity contribution in [3.63, 3.8) is 0 Å². The highest BCUT2D eigenvalue weighted by molar-refractivity contribution is 6.29. The van der Waals surface area contributed by atoms with Gasteiger partial charge in [0.15, 0.2) is 0 Å². The van der Waals surface area contributed by atoms with E-state index in [-0.39, 0.29) is 0 Å². The molecule has 82 valence electrons. The Morgan fingerprint density at radius 1 is 1.44 bits per heavy atom. The van der Waals surface area contributed by atoms with Crippen molar-refractivity contribution in [2.24, 2.45) is 0 Å². The molecule has 1 fully saturated rings. The van der Waals surface area contributed by atoms with Crippen LogP contribution in [0, 0.1) is 6.92 Å². The fourth-order valence-electron chi connectivity index (χ4n) is 1.80. The molecule has 1 aliphatic rings. The lowest BCUT2D eigenvalue weighted by Crippen LogP contribution is -1.99. The summed E-state index contributed by atoms with van der Waals surface area (Å²) in [7, 11) is 0. The summed E-state index contributed by atoms with van der Waals surface area (Å²) in [6.07, 6.45) is 6.31. The van der Waals surface area contributed by atoms with Gasteiger partial charge in [0, 0.05) is 24.4 Å². The SMILES string of the molecule is Cc1cnc(Cl)cc1-n1ccc(C2CC2)n1. The van der Waals surface area contributed by atoms with E-state index in [2.05, 4.69) is 16.1 Å². The van der Waals surface area contributed by atoms with Gasteiger partial charge in [-0.3, -0.25) is 0 Å². The molecule has 4 heteroatoms. The van der Waals surface area contributed by atoms with E-state index in [1.807, 2.05) is 23.9 Å². The number of hydrogen-bond donors (Lipinski definition) is 0. The molecule has 0 N–H and O–H groups in total. The Kier molecular flexibility index (Phi) is 2.21. The Hall–Kier alpha value is -1.35. The first-order valence-corrected chi connectivity index (χ1v) is 5.80. The number of aromatic nitrogens is 3. The molecule has 0 aromatic carbocycles. The van der Waals surface area contributed by atoms with Crippen LogP contribution in [-0.2, 0) is 0 Å². The molecule has 2 aromatic rings. The van der Waals surface area contributed by atoms with E-state index in [0.717, 1.165) is 11.3 Å². The zero-order valence-corrected chi connectivity index (χ0v) is 9.78. The Morgan fingerprint density at radius 2 is 2.25 bits per heavy atom. The second-order valence-corrected chi connectivity index (χ2v) is 4.64. The van der Waals surface area contributed by atoms with E-state index in [0.29, 0.717) is 11.1 Å². The van der Waals surface area contributed by atoms with Crippen LogP contribution in [-0.4, -0.2) is 14.8 Å². The van der Waals surface area contributed by atoms with Crippen LogP contribution < -0.4 is 0 Å². The monoisotopic (exact) mass is 233 g/mol. The van der Waals surface area contributed by atoms with E-state index in [1.54, 1.807) is 6.20 Å². The van der Waals surface area contributed by atoms with Crippen LogP contribution in [0.4, 0.5) is 0 Å². The van der Waals surface area contributed by atoms with Crippen molar-refractivity contribution >= 4 is 11.6 Å². The largest absolute Gasteiger partial charge is 0.244 e. The quantitative estimate of drug-likeness (QED) is 0.747. The first kappa shape index (κ1) is 9.85. The number of aryl methyl sites for hydroxylation is 1. The van der Waals surface area contributed by atoms with Gasteiger partial charge in [-0.05, 0) is 31.4 Å². The smallest absolute Gasteiger partial charge is 0.131 e. The van der Waals surface area contributed by atoms with Crippen LogP contribution in [0.5, 0.6) is 0 Å². The lowest BCUT2D eigenvalue weighted by Gasteiger charge is -2.05. The summed E-state index contributed by atoms with van der Waals surface area (Å²) < 4.78 is 1.89. The van der Waals surface area contributed by atoms with Gasteiger partial charge < -0.3 is 0 Å². The maximum Gasteiger partial charge on any atom is 0.131 e. The highest BCUT2D eigenvalue weighted by Crippen LogP contribution is 2.39. The Morgan fingerprint density at radius 3 is 3.00 bits per heavy atom. The molecule has 2 heterocycles. The van der Waals surface area contributed by atoms with Gasteiger partial charge in [0.1, 0.15) is 5.15 Å². The van der Waals surface area contributed by atoms with Gasteiger partial charge in [0.2, 0.25) is 0 Å². The van der Waals surface area contributed by atoms with Gasteiger partial charge in [0.05, 0.1) is 11.4 Å². The third-order valence-electron chi connectivity index (χ3n) is 2.89. The number of pyridine rings is 1. The third kappa shape index (κ3) is 1.71. The van der Waals surface area contributed by atoms with E-state index in [9.17, 15) is 0 Å². The minimum Gasteiger partial charge on any atom is -0.244 e. The predicted molar refractivity (Wildman–Crippen MR) is 63.1 cm³/mol. The van der Waals surface area contributed by atoms with Crippen molar-refractivity contribution in [1.82, 2.24) is 14.8 Å². The average Bonchev–Trinajstić information content (AvgIpc) is 3.01. The molecular formula is C12H12ClN3. The number of nitrogens with zero attached hydrogens (tertiary/aromatic N) is 3. The van der Waals surface area contributed by atoms with Crippen LogP contribution in [0.3, 0.4) is 0 Å². The highest BCUT2D eigenvalue weighted by atomic mass is 35.5. The summed E-state index contributed by atoms with van der Waals surface area (Å²) in [6.45, 7) is 2.01.